The van der Waals surface area contributed by atoms with Crippen molar-refractivity contribution in [1.82, 2.24) is 9.55 Å². The van der Waals surface area contributed by atoms with Crippen molar-refractivity contribution in [2.45, 2.75) is 61.7 Å². The van der Waals surface area contributed by atoms with Gasteiger partial charge in [-0.05, 0) is 37.0 Å². The Labute approximate surface area is 193 Å². The van der Waals surface area contributed by atoms with E-state index in [1.165, 1.54) is 12.3 Å². The topological polar surface area (TPSA) is 92.8 Å². The predicted molar refractivity (Wildman–Crippen MR) is 121 cm³/mol. The van der Waals surface area contributed by atoms with Crippen LogP contribution in [0.25, 0.3) is 11.0 Å². The van der Waals surface area contributed by atoms with Gasteiger partial charge in [-0.15, -0.1) is 0 Å². The summed E-state index contributed by atoms with van der Waals surface area (Å²) in [5.74, 6) is 1.83. The summed E-state index contributed by atoms with van der Waals surface area (Å²) in [6.07, 6.45) is 2.62. The summed E-state index contributed by atoms with van der Waals surface area (Å²) in [6.45, 7) is 9.73. The highest BCUT2D eigenvalue weighted by atomic mass is 32.2. The Morgan fingerprint density at radius 1 is 1.03 bits per heavy atom. The van der Waals surface area contributed by atoms with Crippen molar-refractivity contribution in [2.24, 2.45) is 5.92 Å². The molecule has 2 saturated heterocycles. The highest BCUT2D eigenvalue weighted by molar-refractivity contribution is 7.91. The van der Waals surface area contributed by atoms with Gasteiger partial charge in [-0.1, -0.05) is 20.8 Å². The number of furan rings is 1. The molecular formula is C24H30N2O6S. The van der Waals surface area contributed by atoms with Gasteiger partial charge in [0.2, 0.25) is 16.1 Å². The number of benzene rings is 1. The summed E-state index contributed by atoms with van der Waals surface area (Å²) in [5, 5.41) is 0. The molecule has 33 heavy (non-hydrogen) atoms. The molecule has 0 unspecified atom stereocenters. The summed E-state index contributed by atoms with van der Waals surface area (Å²) >= 11 is 0. The van der Waals surface area contributed by atoms with E-state index in [1.807, 2.05) is 6.07 Å². The molecule has 178 valence electrons. The molecule has 9 heteroatoms. The predicted octanol–water partition coefficient (Wildman–Crippen LogP) is 4.23. The number of rotatable bonds is 5. The third-order valence-corrected chi connectivity index (χ3v) is 7.95. The first-order chi connectivity index (χ1) is 15.7. The number of sulfone groups is 1. The van der Waals surface area contributed by atoms with Crippen LogP contribution in [0.2, 0.25) is 0 Å². The minimum absolute atomic E-state index is 0.0774. The van der Waals surface area contributed by atoms with Crippen molar-refractivity contribution >= 4 is 20.9 Å². The number of ether oxygens (including phenoxy) is 3. The fourth-order valence-corrected chi connectivity index (χ4v) is 5.71. The van der Waals surface area contributed by atoms with Gasteiger partial charge in [0.15, 0.2) is 5.76 Å². The van der Waals surface area contributed by atoms with Gasteiger partial charge in [0, 0.05) is 31.2 Å². The third kappa shape index (κ3) is 4.35. The second kappa shape index (κ2) is 8.54. The smallest absolute Gasteiger partial charge is 0.217 e. The van der Waals surface area contributed by atoms with E-state index in [1.54, 1.807) is 12.1 Å². The van der Waals surface area contributed by atoms with Crippen LogP contribution in [0, 0.1) is 5.92 Å². The number of hydrogen-bond donors (Lipinski definition) is 0. The molecule has 0 saturated carbocycles. The highest BCUT2D eigenvalue weighted by Crippen LogP contribution is 2.33. The molecule has 0 radical (unpaired) electrons. The normalized spacial score (nSPS) is 19.0. The summed E-state index contributed by atoms with van der Waals surface area (Å²) in [4.78, 5) is 5.15. The van der Waals surface area contributed by atoms with Crippen molar-refractivity contribution in [3.63, 3.8) is 0 Å². The van der Waals surface area contributed by atoms with E-state index in [0.29, 0.717) is 30.4 Å². The second-order valence-electron chi connectivity index (χ2n) is 9.76. The van der Waals surface area contributed by atoms with Crippen molar-refractivity contribution in [3.8, 4) is 0 Å². The van der Waals surface area contributed by atoms with Crippen molar-refractivity contribution in [1.29, 1.82) is 0 Å². The van der Waals surface area contributed by atoms with Crippen molar-refractivity contribution in [2.75, 3.05) is 26.4 Å². The van der Waals surface area contributed by atoms with Crippen molar-refractivity contribution < 1.29 is 27.0 Å². The Bertz CT molecular complexity index is 1240. The van der Waals surface area contributed by atoms with E-state index in [2.05, 4.69) is 25.3 Å². The maximum absolute atomic E-state index is 13.3. The Morgan fingerprint density at radius 3 is 2.45 bits per heavy atom. The molecule has 2 aliphatic rings. The molecule has 0 bridgehead atoms. The lowest BCUT2D eigenvalue weighted by Crippen LogP contribution is -2.25. The van der Waals surface area contributed by atoms with Gasteiger partial charge in [-0.25, -0.2) is 13.4 Å². The molecule has 0 spiro atoms. The number of nitrogens with zero attached hydrogens (tertiary/aromatic N) is 2. The molecular weight excluding hydrogens is 444 g/mol. The highest BCUT2D eigenvalue weighted by Gasteiger charge is 2.29. The van der Waals surface area contributed by atoms with Crippen LogP contribution in [0.15, 0.2) is 44.7 Å². The van der Waals surface area contributed by atoms with Crippen LogP contribution in [0.1, 0.15) is 51.5 Å². The summed E-state index contributed by atoms with van der Waals surface area (Å²) < 4.78 is 50.7. The molecule has 0 amide bonds. The number of imidazole rings is 1. The molecule has 0 N–H and O–H groups in total. The van der Waals surface area contributed by atoms with E-state index in [-0.39, 0.29) is 15.2 Å². The largest absolute Gasteiger partial charge is 0.463 e. The van der Waals surface area contributed by atoms with Gasteiger partial charge in [-0.3, -0.25) is 0 Å². The molecule has 3 aromatic rings. The lowest BCUT2D eigenvalue weighted by atomic mass is 9.94. The number of hydrogen-bond acceptors (Lipinski definition) is 7. The van der Waals surface area contributed by atoms with Crippen LogP contribution in [-0.4, -0.2) is 44.4 Å². The SMILES string of the molecule is CC(C)(C)c1nc2cc(S(=O)(=O)c3coc(C4OCCO4)c3)ccc2n1CC1CCOCC1. The zero-order valence-corrected chi connectivity index (χ0v) is 20.1. The van der Waals surface area contributed by atoms with E-state index in [4.69, 9.17) is 23.6 Å². The molecule has 2 aromatic heterocycles. The fraction of sp³-hybridized carbons (Fsp3) is 0.542. The Hall–Kier alpha value is -2.20. The van der Waals surface area contributed by atoms with Crippen LogP contribution in [0.3, 0.4) is 0 Å². The molecule has 0 aliphatic carbocycles. The average molecular weight is 475 g/mol. The Balaban J connectivity index is 1.51. The molecule has 2 aliphatic heterocycles. The van der Waals surface area contributed by atoms with E-state index < -0.39 is 16.1 Å². The maximum atomic E-state index is 13.3. The first-order valence-corrected chi connectivity index (χ1v) is 12.9. The summed E-state index contributed by atoms with van der Waals surface area (Å²) in [7, 11) is -3.78. The zero-order chi connectivity index (χ0) is 23.2. The first-order valence-electron chi connectivity index (χ1n) is 11.4. The van der Waals surface area contributed by atoms with Crippen LogP contribution in [-0.2, 0) is 36.0 Å². The van der Waals surface area contributed by atoms with Crippen LogP contribution < -0.4 is 0 Å². The summed E-state index contributed by atoms with van der Waals surface area (Å²) in [6, 6.07) is 6.66. The van der Waals surface area contributed by atoms with E-state index >= 15 is 0 Å². The monoisotopic (exact) mass is 474 g/mol. The fourth-order valence-electron chi connectivity index (χ4n) is 4.48. The van der Waals surface area contributed by atoms with Crippen LogP contribution in [0.5, 0.6) is 0 Å². The average Bonchev–Trinajstić information content (AvgIpc) is 3.53. The van der Waals surface area contributed by atoms with Gasteiger partial charge in [0.05, 0.1) is 29.1 Å². The molecule has 8 nitrogen and oxygen atoms in total. The molecule has 5 rings (SSSR count). The van der Waals surface area contributed by atoms with Crippen LogP contribution >= 0.6 is 0 Å². The van der Waals surface area contributed by atoms with Gasteiger partial charge < -0.3 is 23.2 Å². The molecule has 0 atom stereocenters. The quantitative estimate of drug-likeness (QED) is 0.546. The minimum Gasteiger partial charge on any atom is -0.463 e. The standard InChI is InChI=1S/C24H30N2O6S/c1-24(2,3)23-25-19-12-17(4-5-20(19)26(23)14-16-6-8-29-9-7-16)33(27,28)18-13-21(32-15-18)22-30-10-11-31-22/h4-5,12-13,15-16,22H,6-11,14H2,1-3H3. The van der Waals surface area contributed by atoms with Crippen molar-refractivity contribution in [3.05, 3.63) is 42.1 Å². The zero-order valence-electron chi connectivity index (χ0n) is 19.2. The Morgan fingerprint density at radius 2 is 1.76 bits per heavy atom. The van der Waals surface area contributed by atoms with Gasteiger partial charge >= 0.3 is 0 Å². The number of fused-ring (bicyclic) bond motifs is 1. The van der Waals surface area contributed by atoms with Gasteiger partial charge in [-0.2, -0.15) is 0 Å². The molecule has 4 heterocycles. The second-order valence-corrected chi connectivity index (χ2v) is 11.7. The van der Waals surface area contributed by atoms with E-state index in [9.17, 15) is 8.42 Å². The molecule has 2 fully saturated rings. The van der Waals surface area contributed by atoms with Gasteiger partial charge in [0.1, 0.15) is 17.0 Å². The Kier molecular flexibility index (Phi) is 5.84. The molecule has 1 aromatic carbocycles. The third-order valence-electron chi connectivity index (χ3n) is 6.24. The maximum Gasteiger partial charge on any atom is 0.217 e. The van der Waals surface area contributed by atoms with Gasteiger partial charge in [0.25, 0.3) is 0 Å². The first kappa shape index (κ1) is 22.6. The lowest BCUT2D eigenvalue weighted by molar-refractivity contribution is -0.0588. The minimum atomic E-state index is -3.78. The van der Waals surface area contributed by atoms with Crippen LogP contribution in [0.4, 0.5) is 0 Å². The van der Waals surface area contributed by atoms with E-state index in [0.717, 1.165) is 43.9 Å². The summed E-state index contributed by atoms with van der Waals surface area (Å²) in [5.41, 5.74) is 1.45. The number of aromatic nitrogens is 2. The lowest BCUT2D eigenvalue weighted by Gasteiger charge is -2.26.